The predicted molar refractivity (Wildman–Crippen MR) is 110 cm³/mol. The van der Waals surface area contributed by atoms with Gasteiger partial charge in [-0.15, -0.1) is 10.2 Å². The van der Waals surface area contributed by atoms with E-state index in [1.807, 2.05) is 36.4 Å². The van der Waals surface area contributed by atoms with Crippen molar-refractivity contribution < 1.29 is 0 Å². The van der Waals surface area contributed by atoms with Gasteiger partial charge in [0.15, 0.2) is 11.0 Å². The third kappa shape index (κ3) is 3.74. The molecule has 4 aromatic rings. The molecule has 0 bridgehead atoms. The average molecular weight is 422 g/mol. The minimum atomic E-state index is 0.840. The first-order valence-electron chi connectivity index (χ1n) is 8.25. The second-order valence-electron chi connectivity index (χ2n) is 5.76. The van der Waals surface area contributed by atoms with Gasteiger partial charge in [-0.05, 0) is 29.8 Å². The Labute approximate surface area is 165 Å². The zero-order valence-corrected chi connectivity index (χ0v) is 16.3. The lowest BCUT2D eigenvalue weighted by Crippen LogP contribution is -1.99. The van der Waals surface area contributed by atoms with E-state index in [0.717, 1.165) is 32.5 Å². The van der Waals surface area contributed by atoms with Crippen LogP contribution in [0.2, 0.25) is 0 Å². The molecule has 0 aliphatic rings. The summed E-state index contributed by atoms with van der Waals surface area (Å²) in [5.74, 6) is 1.70. The molecule has 1 aromatic heterocycles. The number of para-hydroxylation sites is 1. The molecule has 0 N–H and O–H groups in total. The van der Waals surface area contributed by atoms with E-state index in [0.29, 0.717) is 0 Å². The van der Waals surface area contributed by atoms with Gasteiger partial charge in [-0.2, -0.15) is 0 Å². The third-order valence-corrected chi connectivity index (χ3v) is 5.49. The van der Waals surface area contributed by atoms with E-state index >= 15 is 0 Å². The summed E-state index contributed by atoms with van der Waals surface area (Å²) in [5.41, 5.74) is 3.37. The maximum Gasteiger partial charge on any atom is 0.196 e. The Bertz CT molecular complexity index is 983. The summed E-state index contributed by atoms with van der Waals surface area (Å²) in [5, 5.41) is 9.83. The quantitative estimate of drug-likeness (QED) is 0.370. The standard InChI is InChI=1S/C21H16BrN3S/c22-18-13-11-16(12-14-18)15-26-21-24-23-20(17-7-3-1-4-8-17)25(21)19-9-5-2-6-10-19/h1-14H,15H2. The third-order valence-electron chi connectivity index (χ3n) is 3.96. The molecule has 0 aliphatic heterocycles. The first kappa shape index (κ1) is 17.1. The van der Waals surface area contributed by atoms with Crippen molar-refractivity contribution in [2.24, 2.45) is 0 Å². The molecule has 0 fully saturated rings. The van der Waals surface area contributed by atoms with Crippen LogP contribution < -0.4 is 0 Å². The van der Waals surface area contributed by atoms with E-state index < -0.39 is 0 Å². The molecule has 0 aliphatic carbocycles. The number of halogens is 1. The van der Waals surface area contributed by atoms with Crippen molar-refractivity contribution in [2.75, 3.05) is 0 Å². The van der Waals surface area contributed by atoms with Crippen molar-refractivity contribution in [3.05, 3.63) is 95.0 Å². The fourth-order valence-electron chi connectivity index (χ4n) is 2.68. The average Bonchev–Trinajstić information content (AvgIpc) is 3.13. The largest absolute Gasteiger partial charge is 0.270 e. The highest BCUT2D eigenvalue weighted by molar-refractivity contribution is 9.10. The molecule has 3 nitrogen and oxygen atoms in total. The first-order valence-corrected chi connectivity index (χ1v) is 10.0. The minimum absolute atomic E-state index is 0.840. The fraction of sp³-hybridized carbons (Fsp3) is 0.0476. The molecule has 128 valence electrons. The molecular weight excluding hydrogens is 406 g/mol. The van der Waals surface area contributed by atoms with E-state index in [1.165, 1.54) is 5.56 Å². The zero-order chi connectivity index (χ0) is 17.8. The Morgan fingerprint density at radius 1 is 0.769 bits per heavy atom. The van der Waals surface area contributed by atoms with E-state index in [1.54, 1.807) is 11.8 Å². The van der Waals surface area contributed by atoms with Crippen LogP contribution in [0, 0.1) is 0 Å². The summed E-state index contributed by atoms with van der Waals surface area (Å²) in [6, 6.07) is 28.8. The van der Waals surface area contributed by atoms with Crippen LogP contribution >= 0.6 is 27.7 Å². The van der Waals surface area contributed by atoms with E-state index in [-0.39, 0.29) is 0 Å². The number of nitrogens with zero attached hydrogens (tertiary/aromatic N) is 3. The molecule has 0 spiro atoms. The molecule has 26 heavy (non-hydrogen) atoms. The monoisotopic (exact) mass is 421 g/mol. The van der Waals surface area contributed by atoms with Crippen molar-refractivity contribution in [3.63, 3.8) is 0 Å². The highest BCUT2D eigenvalue weighted by Gasteiger charge is 2.15. The lowest BCUT2D eigenvalue weighted by Gasteiger charge is -2.10. The highest BCUT2D eigenvalue weighted by atomic mass is 79.9. The zero-order valence-electron chi connectivity index (χ0n) is 13.9. The Balaban J connectivity index is 1.70. The maximum atomic E-state index is 4.47. The van der Waals surface area contributed by atoms with E-state index in [4.69, 9.17) is 0 Å². The normalized spacial score (nSPS) is 10.8. The highest BCUT2D eigenvalue weighted by Crippen LogP contribution is 2.29. The van der Waals surface area contributed by atoms with Crippen molar-refractivity contribution in [3.8, 4) is 17.1 Å². The van der Waals surface area contributed by atoms with Gasteiger partial charge in [0.2, 0.25) is 0 Å². The van der Waals surface area contributed by atoms with Gasteiger partial charge in [0.05, 0.1) is 0 Å². The Hall–Kier alpha value is -2.37. The van der Waals surface area contributed by atoms with Crippen molar-refractivity contribution in [1.29, 1.82) is 0 Å². The van der Waals surface area contributed by atoms with Crippen LogP contribution in [-0.4, -0.2) is 14.8 Å². The van der Waals surface area contributed by atoms with Gasteiger partial charge in [0, 0.05) is 21.5 Å². The van der Waals surface area contributed by atoms with Crippen LogP contribution in [0.4, 0.5) is 0 Å². The molecule has 4 rings (SSSR count). The number of aromatic nitrogens is 3. The van der Waals surface area contributed by atoms with Crippen molar-refractivity contribution in [1.82, 2.24) is 14.8 Å². The summed E-state index contributed by atoms with van der Waals surface area (Å²) in [7, 11) is 0. The molecule has 0 saturated carbocycles. The van der Waals surface area contributed by atoms with Crippen LogP contribution in [-0.2, 0) is 5.75 Å². The Kier molecular flexibility index (Phi) is 5.18. The molecule has 0 unspecified atom stereocenters. The molecule has 0 atom stereocenters. The van der Waals surface area contributed by atoms with Crippen molar-refractivity contribution >= 4 is 27.7 Å². The van der Waals surface area contributed by atoms with Gasteiger partial charge in [-0.25, -0.2) is 0 Å². The van der Waals surface area contributed by atoms with Crippen LogP contribution in [0.15, 0.2) is 94.6 Å². The van der Waals surface area contributed by atoms with Gasteiger partial charge in [-0.3, -0.25) is 4.57 Å². The second kappa shape index (κ2) is 7.89. The van der Waals surface area contributed by atoms with Gasteiger partial charge in [-0.1, -0.05) is 88.4 Å². The van der Waals surface area contributed by atoms with Crippen LogP contribution in [0.25, 0.3) is 17.1 Å². The van der Waals surface area contributed by atoms with E-state index in [2.05, 4.69) is 79.2 Å². The van der Waals surface area contributed by atoms with Gasteiger partial charge in [0.1, 0.15) is 0 Å². The first-order chi connectivity index (χ1) is 12.8. The molecule has 0 radical (unpaired) electrons. The smallest absolute Gasteiger partial charge is 0.196 e. The molecule has 5 heteroatoms. The molecule has 0 saturated heterocycles. The number of benzene rings is 3. The van der Waals surface area contributed by atoms with Crippen LogP contribution in [0.3, 0.4) is 0 Å². The summed E-state index contributed by atoms with van der Waals surface area (Å²) in [6.07, 6.45) is 0. The number of hydrogen-bond donors (Lipinski definition) is 0. The Morgan fingerprint density at radius 3 is 2.12 bits per heavy atom. The lowest BCUT2D eigenvalue weighted by molar-refractivity contribution is 0.886. The minimum Gasteiger partial charge on any atom is -0.270 e. The molecule has 3 aromatic carbocycles. The summed E-state index contributed by atoms with van der Waals surface area (Å²) in [4.78, 5) is 0. The fourth-order valence-corrected chi connectivity index (χ4v) is 3.85. The molecule has 0 amide bonds. The molecule has 1 heterocycles. The van der Waals surface area contributed by atoms with Gasteiger partial charge < -0.3 is 0 Å². The summed E-state index contributed by atoms with van der Waals surface area (Å²) >= 11 is 5.17. The van der Waals surface area contributed by atoms with Gasteiger partial charge >= 0.3 is 0 Å². The van der Waals surface area contributed by atoms with E-state index in [9.17, 15) is 0 Å². The number of thioether (sulfide) groups is 1. The lowest BCUT2D eigenvalue weighted by atomic mass is 10.2. The summed E-state index contributed by atoms with van der Waals surface area (Å²) < 4.78 is 3.21. The summed E-state index contributed by atoms with van der Waals surface area (Å²) in [6.45, 7) is 0. The SMILES string of the molecule is Brc1ccc(CSc2nnc(-c3ccccc3)n2-c2ccccc2)cc1. The number of rotatable bonds is 5. The predicted octanol–water partition coefficient (Wildman–Crippen LogP) is 5.99. The second-order valence-corrected chi connectivity index (χ2v) is 7.62. The Morgan fingerprint density at radius 2 is 1.42 bits per heavy atom. The van der Waals surface area contributed by atoms with Crippen LogP contribution in [0.1, 0.15) is 5.56 Å². The van der Waals surface area contributed by atoms with Crippen LogP contribution in [0.5, 0.6) is 0 Å². The topological polar surface area (TPSA) is 30.7 Å². The van der Waals surface area contributed by atoms with Crippen molar-refractivity contribution in [2.45, 2.75) is 10.9 Å². The molecular formula is C21H16BrN3S. The maximum absolute atomic E-state index is 4.47. The number of hydrogen-bond acceptors (Lipinski definition) is 3. The van der Waals surface area contributed by atoms with Gasteiger partial charge in [0.25, 0.3) is 0 Å².